The van der Waals surface area contributed by atoms with Crippen LogP contribution in [0.1, 0.15) is 11.1 Å². The van der Waals surface area contributed by atoms with E-state index >= 15 is 0 Å². The minimum Gasteiger partial charge on any atom is -0.490 e. The number of aliphatic hydroxyl groups excluding tert-OH is 1. The third-order valence-corrected chi connectivity index (χ3v) is 5.18. The Morgan fingerprint density at radius 2 is 1.41 bits per heavy atom. The molecular weight excluding hydrogens is 402 g/mol. The number of nitrogens with zero attached hydrogens (tertiary/aromatic N) is 3. The van der Waals surface area contributed by atoms with Gasteiger partial charge in [0.05, 0.1) is 6.54 Å². The molecule has 0 spiro atoms. The molecule has 0 fully saturated rings. The van der Waals surface area contributed by atoms with Crippen LogP contribution in [-0.2, 0) is 6.54 Å². The van der Waals surface area contributed by atoms with E-state index in [4.69, 9.17) is 4.74 Å². The molecule has 4 aromatic rings. The van der Waals surface area contributed by atoms with Gasteiger partial charge in [0.1, 0.15) is 29.8 Å². The van der Waals surface area contributed by atoms with Crippen LogP contribution in [0.4, 0.5) is 0 Å². The summed E-state index contributed by atoms with van der Waals surface area (Å²) in [6.45, 7) is 3.94. The maximum Gasteiger partial charge on any atom is 0.364 e. The topological polar surface area (TPSA) is 77.2 Å². The van der Waals surface area contributed by atoms with Crippen LogP contribution >= 0.6 is 0 Å². The molecule has 6 heteroatoms. The molecule has 0 aliphatic heterocycles. The molecule has 3 aromatic carbocycles. The lowest BCUT2D eigenvalue weighted by atomic mass is 10.0. The van der Waals surface area contributed by atoms with Crippen molar-refractivity contribution in [3.8, 4) is 28.3 Å². The molecule has 0 amide bonds. The summed E-state index contributed by atoms with van der Waals surface area (Å²) in [5.41, 5.74) is 4.21. The fraction of sp³-hybridized carbons (Fsp3) is 0.192. The Bertz CT molecular complexity index is 1230. The van der Waals surface area contributed by atoms with Gasteiger partial charge in [-0.25, -0.2) is 9.48 Å². The van der Waals surface area contributed by atoms with Crippen LogP contribution in [0.15, 0.2) is 83.7 Å². The second-order valence-electron chi connectivity index (χ2n) is 7.69. The minimum absolute atomic E-state index is 0.0222. The second kappa shape index (κ2) is 9.58. The van der Waals surface area contributed by atoms with Crippen molar-refractivity contribution < 1.29 is 9.84 Å². The predicted octanol–water partition coefficient (Wildman–Crippen LogP) is 4.03. The summed E-state index contributed by atoms with van der Waals surface area (Å²) in [7, 11) is 0. The summed E-state index contributed by atoms with van der Waals surface area (Å²) < 4.78 is 7.04. The van der Waals surface area contributed by atoms with Crippen molar-refractivity contribution in [3.63, 3.8) is 0 Å². The van der Waals surface area contributed by atoms with Gasteiger partial charge >= 0.3 is 5.69 Å². The highest BCUT2D eigenvalue weighted by Crippen LogP contribution is 2.27. The quantitative estimate of drug-likeness (QED) is 0.482. The Hall–Kier alpha value is -3.77. The van der Waals surface area contributed by atoms with Gasteiger partial charge < -0.3 is 9.84 Å². The zero-order valence-electron chi connectivity index (χ0n) is 18.1. The molecule has 6 nitrogen and oxygen atoms in total. The van der Waals surface area contributed by atoms with E-state index in [-0.39, 0.29) is 13.2 Å². The second-order valence-corrected chi connectivity index (χ2v) is 7.69. The number of benzene rings is 3. The molecule has 0 aliphatic rings. The van der Waals surface area contributed by atoms with E-state index in [1.54, 1.807) is 0 Å². The minimum atomic E-state index is -0.924. The molecule has 0 saturated carbocycles. The molecule has 0 bridgehead atoms. The van der Waals surface area contributed by atoms with Crippen molar-refractivity contribution in [3.05, 3.63) is 100 Å². The van der Waals surface area contributed by atoms with Crippen LogP contribution in [0.3, 0.4) is 0 Å². The third-order valence-electron chi connectivity index (χ3n) is 5.18. The number of aromatic nitrogens is 3. The first kappa shape index (κ1) is 21.5. The van der Waals surface area contributed by atoms with Crippen LogP contribution in [-0.4, -0.2) is 32.6 Å². The zero-order chi connectivity index (χ0) is 22.5. The van der Waals surface area contributed by atoms with Crippen molar-refractivity contribution >= 4 is 0 Å². The lowest BCUT2D eigenvalue weighted by Gasteiger charge is -2.17. The van der Waals surface area contributed by atoms with E-state index in [2.05, 4.69) is 10.1 Å². The lowest BCUT2D eigenvalue weighted by Crippen LogP contribution is -2.34. The number of para-hydroxylation sites is 1. The molecule has 4 rings (SSSR count). The van der Waals surface area contributed by atoms with Gasteiger partial charge in [-0.3, -0.25) is 0 Å². The van der Waals surface area contributed by atoms with Gasteiger partial charge in [-0.15, -0.1) is 0 Å². The number of ether oxygens (including phenoxy) is 1. The molecule has 0 radical (unpaired) electrons. The number of aliphatic hydroxyl groups is 1. The van der Waals surface area contributed by atoms with Crippen molar-refractivity contribution in [2.75, 3.05) is 6.61 Å². The van der Waals surface area contributed by atoms with Crippen LogP contribution < -0.4 is 10.4 Å². The summed E-state index contributed by atoms with van der Waals surface area (Å²) in [4.78, 5) is 17.1. The highest BCUT2D eigenvalue weighted by molar-refractivity contribution is 5.77. The fourth-order valence-electron chi connectivity index (χ4n) is 3.58. The molecule has 1 unspecified atom stereocenters. The average Bonchev–Trinajstić information content (AvgIpc) is 2.81. The third kappa shape index (κ3) is 4.76. The monoisotopic (exact) mass is 427 g/mol. The van der Waals surface area contributed by atoms with Gasteiger partial charge in [0, 0.05) is 11.1 Å². The Morgan fingerprint density at radius 3 is 2.00 bits per heavy atom. The predicted molar refractivity (Wildman–Crippen MR) is 125 cm³/mol. The molecule has 0 saturated heterocycles. The van der Waals surface area contributed by atoms with Crippen molar-refractivity contribution in [1.82, 2.24) is 14.8 Å². The molecular formula is C26H25N3O3. The maximum atomic E-state index is 12.8. The van der Waals surface area contributed by atoms with E-state index in [1.165, 1.54) is 4.68 Å². The van der Waals surface area contributed by atoms with Crippen LogP contribution in [0.25, 0.3) is 22.5 Å². The van der Waals surface area contributed by atoms with E-state index in [0.29, 0.717) is 11.4 Å². The first-order valence-corrected chi connectivity index (χ1v) is 10.5. The molecule has 1 N–H and O–H groups in total. The lowest BCUT2D eigenvalue weighted by molar-refractivity contribution is 0.0870. The molecule has 162 valence electrons. The van der Waals surface area contributed by atoms with Gasteiger partial charge in [-0.05, 0) is 25.0 Å². The van der Waals surface area contributed by atoms with Gasteiger partial charge in [0.15, 0.2) is 0 Å². The molecule has 1 aromatic heterocycles. The van der Waals surface area contributed by atoms with Gasteiger partial charge in [0.25, 0.3) is 0 Å². The zero-order valence-corrected chi connectivity index (χ0v) is 18.1. The standard InChI is InChI=1S/C26H25N3O3/c1-18-10-9-11-19(2)25(18)32-17-22(30)16-29-26(31)27-23(20-12-5-3-6-13-20)24(28-29)21-14-7-4-8-15-21/h3-15,22,30H,16-17H2,1-2H3. The van der Waals surface area contributed by atoms with E-state index in [0.717, 1.165) is 28.0 Å². The first-order valence-electron chi connectivity index (χ1n) is 10.5. The van der Waals surface area contributed by atoms with E-state index < -0.39 is 11.8 Å². The Labute approximate surface area is 186 Å². The van der Waals surface area contributed by atoms with Crippen molar-refractivity contribution in [1.29, 1.82) is 0 Å². The Balaban J connectivity index is 1.62. The van der Waals surface area contributed by atoms with Crippen molar-refractivity contribution in [2.45, 2.75) is 26.5 Å². The Morgan fingerprint density at radius 1 is 0.844 bits per heavy atom. The largest absolute Gasteiger partial charge is 0.490 e. The molecule has 32 heavy (non-hydrogen) atoms. The van der Waals surface area contributed by atoms with Crippen LogP contribution in [0, 0.1) is 13.8 Å². The summed E-state index contributed by atoms with van der Waals surface area (Å²) in [6.07, 6.45) is -0.924. The summed E-state index contributed by atoms with van der Waals surface area (Å²) in [5, 5.41) is 15.1. The first-order chi connectivity index (χ1) is 15.5. The van der Waals surface area contributed by atoms with Gasteiger partial charge in [-0.2, -0.15) is 10.1 Å². The maximum absolute atomic E-state index is 12.8. The SMILES string of the molecule is Cc1cccc(C)c1OCC(O)Cn1nc(-c2ccccc2)c(-c2ccccc2)nc1=O. The smallest absolute Gasteiger partial charge is 0.364 e. The molecule has 1 heterocycles. The molecule has 1 atom stereocenters. The summed E-state index contributed by atoms with van der Waals surface area (Å²) in [6, 6.07) is 25.0. The molecule has 0 aliphatic carbocycles. The van der Waals surface area contributed by atoms with E-state index in [9.17, 15) is 9.90 Å². The number of hydrogen-bond donors (Lipinski definition) is 1. The summed E-state index contributed by atoms with van der Waals surface area (Å²) >= 11 is 0. The van der Waals surface area contributed by atoms with Crippen LogP contribution in [0.5, 0.6) is 5.75 Å². The number of hydrogen-bond acceptors (Lipinski definition) is 5. The average molecular weight is 428 g/mol. The summed E-state index contributed by atoms with van der Waals surface area (Å²) in [5.74, 6) is 0.745. The number of rotatable bonds is 7. The fourth-order valence-corrected chi connectivity index (χ4v) is 3.58. The van der Waals surface area contributed by atoms with Crippen LogP contribution in [0.2, 0.25) is 0 Å². The van der Waals surface area contributed by atoms with E-state index in [1.807, 2.05) is 92.7 Å². The normalized spacial score (nSPS) is 11.8. The highest BCUT2D eigenvalue weighted by atomic mass is 16.5. The Kier molecular flexibility index (Phi) is 6.42. The highest BCUT2D eigenvalue weighted by Gasteiger charge is 2.17. The van der Waals surface area contributed by atoms with Crippen molar-refractivity contribution in [2.24, 2.45) is 0 Å². The van der Waals surface area contributed by atoms with Gasteiger partial charge in [0.2, 0.25) is 0 Å². The van der Waals surface area contributed by atoms with Gasteiger partial charge in [-0.1, -0.05) is 78.9 Å². The number of aryl methyl sites for hydroxylation is 2.